The Morgan fingerprint density at radius 3 is 1.60 bits per heavy atom. The normalized spacial score (nSPS) is 9.33. The molecule has 0 aromatic carbocycles. The van der Waals surface area contributed by atoms with Crippen molar-refractivity contribution in [2.75, 3.05) is 0 Å². The third-order valence-electron chi connectivity index (χ3n) is 0.637. The summed E-state index contributed by atoms with van der Waals surface area (Å²) < 4.78 is 40.8. The number of hydrogen-bond donors (Lipinski definition) is 3. The van der Waals surface area contributed by atoms with Crippen LogP contribution in [0.4, 0.5) is 17.3 Å². The molecule has 0 saturated heterocycles. The highest BCUT2D eigenvalue weighted by Crippen LogP contribution is 2.06. The van der Waals surface area contributed by atoms with Gasteiger partial charge in [0.1, 0.15) is 0 Å². The van der Waals surface area contributed by atoms with Crippen molar-refractivity contribution in [1.29, 1.82) is 0 Å². The molecular weight excluding hydrogens is 222 g/mol. The Balaban J connectivity index is 0. The fourth-order valence-corrected chi connectivity index (χ4v) is 0.345. The molecule has 0 saturated carbocycles. The van der Waals surface area contributed by atoms with E-state index in [1.807, 2.05) is 19.3 Å². The molecule has 1 rings (SSSR count). The van der Waals surface area contributed by atoms with Crippen LogP contribution in [0.5, 0.6) is 0 Å². The molecule has 11 heteroatoms. The number of rotatable bonds is 0. The van der Waals surface area contributed by atoms with Crippen molar-refractivity contribution in [1.82, 2.24) is 9.78 Å². The van der Waals surface area contributed by atoms with Gasteiger partial charge in [-0.3, -0.25) is 4.68 Å². The molecule has 1 heterocycles. The summed E-state index contributed by atoms with van der Waals surface area (Å²) in [4.78, 5) is 0. The zero-order valence-corrected chi connectivity index (χ0v) is 7.63. The van der Waals surface area contributed by atoms with Crippen molar-refractivity contribution in [2.24, 2.45) is 7.05 Å². The number of nitrogens with zero attached hydrogens (tertiary/aromatic N) is 2. The van der Waals surface area contributed by atoms with Crippen LogP contribution < -0.4 is 0 Å². The van der Waals surface area contributed by atoms with E-state index in [1.54, 1.807) is 10.9 Å². The third-order valence-corrected chi connectivity index (χ3v) is 0.637. The Labute approximate surface area is 83.2 Å². The van der Waals surface area contributed by atoms with Gasteiger partial charge < -0.3 is 32.3 Å². The predicted molar refractivity (Wildman–Crippen MR) is 45.8 cm³/mol. The van der Waals surface area contributed by atoms with Gasteiger partial charge in [-0.05, 0) is 6.07 Å². The first-order chi connectivity index (χ1) is 6.63. The van der Waals surface area contributed by atoms with Gasteiger partial charge in [0.25, 0.3) is 0 Å². The van der Waals surface area contributed by atoms with Gasteiger partial charge in [0.05, 0.1) is 0 Å². The first-order valence-corrected chi connectivity index (χ1v) is 3.48. The van der Waals surface area contributed by atoms with Gasteiger partial charge in [-0.25, -0.2) is 0 Å². The van der Waals surface area contributed by atoms with E-state index in [1.165, 1.54) is 0 Å². The second-order valence-electron chi connectivity index (χ2n) is 2.02. The Hall–Kier alpha value is -1.06. The van der Waals surface area contributed by atoms with E-state index in [2.05, 4.69) is 5.10 Å². The van der Waals surface area contributed by atoms with E-state index >= 15 is 0 Å². The molecule has 0 aliphatic carbocycles. The van der Waals surface area contributed by atoms with E-state index in [4.69, 9.17) is 15.1 Å². The Morgan fingerprint density at radius 1 is 1.20 bits per heavy atom. The predicted octanol–water partition coefficient (Wildman–Crippen LogP) is -0.332. The average Bonchev–Trinajstić information content (AvgIpc) is 2.33. The Morgan fingerprint density at radius 2 is 1.53 bits per heavy atom. The molecular formula is C4H9B2F4N2O3-. The summed E-state index contributed by atoms with van der Waals surface area (Å²) in [6.07, 6.45) is 3.64. The molecule has 88 valence electrons. The molecule has 0 spiro atoms. The van der Waals surface area contributed by atoms with Crippen LogP contribution in [0.15, 0.2) is 18.5 Å². The quantitative estimate of drug-likeness (QED) is 0.421. The lowest BCUT2D eigenvalue weighted by molar-refractivity contribution is 0.278. The van der Waals surface area contributed by atoms with Gasteiger partial charge in [-0.1, -0.05) is 0 Å². The molecule has 3 N–H and O–H groups in total. The largest absolute Gasteiger partial charge is 0.673 e. The Kier molecular flexibility index (Phi) is 9.02. The maximum atomic E-state index is 9.75. The molecule has 15 heavy (non-hydrogen) atoms. The van der Waals surface area contributed by atoms with E-state index in [0.29, 0.717) is 0 Å². The molecule has 5 nitrogen and oxygen atoms in total. The lowest BCUT2D eigenvalue weighted by Gasteiger charge is -1.94. The minimum atomic E-state index is -6.00. The monoisotopic (exact) mass is 231 g/mol. The molecule has 0 atom stereocenters. The van der Waals surface area contributed by atoms with Crippen LogP contribution in [0.2, 0.25) is 0 Å². The molecule has 0 amide bonds. The van der Waals surface area contributed by atoms with Gasteiger partial charge >= 0.3 is 14.6 Å². The highest BCUT2D eigenvalue weighted by Gasteiger charge is 2.20. The van der Waals surface area contributed by atoms with Crippen molar-refractivity contribution < 1.29 is 32.3 Å². The number of aryl methyl sites for hydroxylation is 1. The van der Waals surface area contributed by atoms with E-state index in [9.17, 15) is 17.3 Å². The minimum Gasteiger partial charge on any atom is -0.418 e. The summed E-state index contributed by atoms with van der Waals surface area (Å²) in [6, 6.07) is 1.89. The fourth-order valence-electron chi connectivity index (χ4n) is 0.345. The summed E-state index contributed by atoms with van der Waals surface area (Å²) in [6.45, 7) is 0. The number of hydrogen-bond acceptors (Lipinski definition) is 4. The molecule has 0 unspecified atom stereocenters. The van der Waals surface area contributed by atoms with E-state index < -0.39 is 14.6 Å². The second-order valence-corrected chi connectivity index (χ2v) is 2.02. The van der Waals surface area contributed by atoms with Gasteiger partial charge in [0.2, 0.25) is 0 Å². The van der Waals surface area contributed by atoms with Crippen LogP contribution in [-0.4, -0.2) is 39.4 Å². The third kappa shape index (κ3) is 43.9. The van der Waals surface area contributed by atoms with Crippen molar-refractivity contribution in [3.63, 3.8) is 0 Å². The standard InChI is InChI=1S/C4H6N2.BF4.BH3O3/c1-6-4-2-3-5-6;2-1(3,4)5;2-1(3)4/h2-4H,1H3;;2-4H/q;-1;. The maximum Gasteiger partial charge on any atom is 0.673 e. The summed E-state index contributed by atoms with van der Waals surface area (Å²) in [7, 11) is -6.28. The number of aromatic nitrogens is 2. The molecule has 0 aliphatic heterocycles. The smallest absolute Gasteiger partial charge is 0.418 e. The van der Waals surface area contributed by atoms with Crippen LogP contribution in [-0.2, 0) is 7.05 Å². The highest BCUT2D eigenvalue weighted by molar-refractivity contribution is 6.50. The first-order valence-electron chi connectivity index (χ1n) is 3.48. The van der Waals surface area contributed by atoms with Crippen molar-refractivity contribution in [3.8, 4) is 0 Å². The number of halogens is 4. The van der Waals surface area contributed by atoms with Crippen molar-refractivity contribution in [2.45, 2.75) is 0 Å². The molecule has 0 aliphatic rings. The summed E-state index contributed by atoms with van der Waals surface area (Å²) in [5, 5.41) is 25.3. The van der Waals surface area contributed by atoms with Gasteiger partial charge in [0.15, 0.2) is 0 Å². The van der Waals surface area contributed by atoms with Crippen LogP contribution in [0.25, 0.3) is 0 Å². The lowest BCUT2D eigenvalue weighted by Crippen LogP contribution is -2.07. The van der Waals surface area contributed by atoms with E-state index in [0.717, 1.165) is 0 Å². The molecule has 0 radical (unpaired) electrons. The fraction of sp³-hybridized carbons (Fsp3) is 0.250. The second kappa shape index (κ2) is 8.26. The Bertz CT molecular complexity index is 222. The molecule has 0 bridgehead atoms. The summed E-state index contributed by atoms with van der Waals surface area (Å²) in [5.74, 6) is 0. The van der Waals surface area contributed by atoms with Crippen molar-refractivity contribution >= 4 is 14.6 Å². The van der Waals surface area contributed by atoms with Crippen LogP contribution in [0.3, 0.4) is 0 Å². The van der Waals surface area contributed by atoms with Crippen molar-refractivity contribution in [3.05, 3.63) is 18.5 Å². The maximum absolute atomic E-state index is 9.75. The summed E-state index contributed by atoms with van der Waals surface area (Å²) >= 11 is 0. The average molecular weight is 231 g/mol. The minimum absolute atomic E-state index is 1.75. The molecule has 1 aromatic rings. The van der Waals surface area contributed by atoms with Gasteiger partial charge in [-0.2, -0.15) is 5.10 Å². The van der Waals surface area contributed by atoms with Gasteiger partial charge in [-0.15, -0.1) is 0 Å². The lowest BCUT2D eigenvalue weighted by atomic mass is 10.3. The van der Waals surface area contributed by atoms with Crippen LogP contribution >= 0.6 is 0 Å². The van der Waals surface area contributed by atoms with Gasteiger partial charge in [0, 0.05) is 19.4 Å². The zero-order chi connectivity index (χ0) is 12.5. The summed E-state index contributed by atoms with van der Waals surface area (Å²) in [5.41, 5.74) is 0. The SMILES string of the molecule is Cn1cccn1.F[B-](F)(F)F.OB(O)O. The highest BCUT2D eigenvalue weighted by atomic mass is 19.5. The molecule has 0 fully saturated rings. The van der Waals surface area contributed by atoms with Crippen LogP contribution in [0, 0.1) is 0 Å². The zero-order valence-electron chi connectivity index (χ0n) is 7.63. The first kappa shape index (κ1) is 16.4. The van der Waals surface area contributed by atoms with E-state index in [-0.39, 0.29) is 0 Å². The van der Waals surface area contributed by atoms with Crippen LogP contribution in [0.1, 0.15) is 0 Å². The molecule has 1 aromatic heterocycles. The topological polar surface area (TPSA) is 78.5 Å².